The first-order valence-corrected chi connectivity index (χ1v) is 10.8. The highest BCUT2D eigenvalue weighted by atomic mass is 16.5. The van der Waals surface area contributed by atoms with Gasteiger partial charge in [-0.25, -0.2) is 9.78 Å². The van der Waals surface area contributed by atoms with Crippen LogP contribution in [-0.4, -0.2) is 32.8 Å². The molecule has 3 aromatic heterocycles. The van der Waals surface area contributed by atoms with Gasteiger partial charge in [-0.3, -0.25) is 14.7 Å². The monoisotopic (exact) mass is 461 g/mol. The average molecular weight is 462 g/mol. The Morgan fingerprint density at radius 3 is 2.53 bits per heavy atom. The number of carbonyl (C=O) groups excluding carboxylic acids is 1. The van der Waals surface area contributed by atoms with E-state index in [1.807, 2.05) is 33.8 Å². The van der Waals surface area contributed by atoms with Crippen LogP contribution in [0.15, 0.2) is 45.8 Å². The second kappa shape index (κ2) is 8.62. The second-order valence-corrected chi connectivity index (χ2v) is 9.08. The zero-order chi connectivity index (χ0) is 24.6. The Morgan fingerprint density at radius 2 is 1.85 bits per heavy atom. The van der Waals surface area contributed by atoms with Gasteiger partial charge in [0, 0.05) is 48.4 Å². The fourth-order valence-corrected chi connectivity index (χ4v) is 3.51. The first-order chi connectivity index (χ1) is 16.1. The molecule has 0 atom stereocenters. The molecule has 3 heterocycles. The van der Waals surface area contributed by atoms with Crippen molar-refractivity contribution in [3.05, 3.63) is 58.1 Å². The molecule has 4 aromatic rings. The molecule has 3 N–H and O–H groups in total. The second-order valence-electron chi connectivity index (χ2n) is 9.08. The Morgan fingerprint density at radius 1 is 1.09 bits per heavy atom. The number of fused-ring (bicyclic) bond motifs is 1. The van der Waals surface area contributed by atoms with Crippen molar-refractivity contribution >= 4 is 34.6 Å². The highest BCUT2D eigenvalue weighted by Crippen LogP contribution is 2.27. The lowest BCUT2D eigenvalue weighted by Crippen LogP contribution is -2.21. The van der Waals surface area contributed by atoms with E-state index in [0.717, 1.165) is 16.6 Å². The molecule has 0 bridgehead atoms. The zero-order valence-electron chi connectivity index (χ0n) is 20.0. The molecule has 0 fully saturated rings. The molecule has 0 aliphatic heterocycles. The molecule has 0 aliphatic carbocycles. The van der Waals surface area contributed by atoms with Crippen LogP contribution in [0.3, 0.4) is 0 Å². The predicted octanol–water partition coefficient (Wildman–Crippen LogP) is 4.28. The lowest BCUT2D eigenvalue weighted by molar-refractivity contribution is 0.261. The molecule has 0 saturated carbocycles. The summed E-state index contributed by atoms with van der Waals surface area (Å²) >= 11 is 0. The first-order valence-electron chi connectivity index (χ1n) is 10.8. The average Bonchev–Trinajstić information content (AvgIpc) is 3.26. The van der Waals surface area contributed by atoms with Crippen LogP contribution in [0.25, 0.3) is 22.2 Å². The van der Waals surface area contributed by atoms with Crippen molar-refractivity contribution in [2.45, 2.75) is 33.1 Å². The van der Waals surface area contributed by atoms with Crippen LogP contribution in [-0.2, 0) is 12.5 Å². The fraction of sp³-hybridized carbons (Fsp3) is 0.292. The summed E-state index contributed by atoms with van der Waals surface area (Å²) in [6, 6.07) is 8.37. The number of benzene rings is 1. The molecule has 0 saturated heterocycles. The van der Waals surface area contributed by atoms with Crippen LogP contribution in [0.4, 0.5) is 22.3 Å². The number of hydrogen-bond donors (Lipinski definition) is 3. The molecule has 0 aliphatic rings. The summed E-state index contributed by atoms with van der Waals surface area (Å²) in [7, 11) is 3.40. The van der Waals surface area contributed by atoms with Crippen molar-refractivity contribution in [2.75, 3.05) is 23.0 Å². The minimum Gasteiger partial charge on any atom is -0.357 e. The summed E-state index contributed by atoms with van der Waals surface area (Å²) in [5.41, 5.74) is 3.47. The lowest BCUT2D eigenvalue weighted by Gasteiger charge is -2.13. The number of nitrogens with one attached hydrogen (secondary N) is 3. The topological polar surface area (TPSA) is 127 Å². The van der Waals surface area contributed by atoms with Crippen molar-refractivity contribution in [3.63, 3.8) is 0 Å². The van der Waals surface area contributed by atoms with Gasteiger partial charge in [-0.15, -0.1) is 0 Å². The molecule has 4 rings (SSSR count). The van der Waals surface area contributed by atoms with Gasteiger partial charge in [0.15, 0.2) is 0 Å². The molecular weight excluding hydrogens is 434 g/mol. The summed E-state index contributed by atoms with van der Waals surface area (Å²) < 4.78 is 6.71. The maximum absolute atomic E-state index is 13.2. The standard InChI is InChI=1S/C24H27N7O3/c1-13-7-8-15(27-23(33)28-19-11-18(30-34-19)24(2,3)4)10-16(13)17-9-14-12-26-22(25-5)29-20(14)31(6)21(17)32/h7-12H,1-6H3,(H,25,26,29)(H2,27,28,33). The van der Waals surface area contributed by atoms with Gasteiger partial charge in [0.2, 0.25) is 11.8 Å². The number of urea groups is 1. The summed E-state index contributed by atoms with van der Waals surface area (Å²) in [5, 5.41) is 13.0. The van der Waals surface area contributed by atoms with E-state index >= 15 is 0 Å². The number of aryl methyl sites for hydroxylation is 2. The number of anilines is 3. The Bertz CT molecular complexity index is 1450. The number of amides is 2. The Kier molecular flexibility index (Phi) is 5.82. The van der Waals surface area contributed by atoms with Gasteiger partial charge in [0.25, 0.3) is 5.56 Å². The van der Waals surface area contributed by atoms with Crippen LogP contribution in [0.5, 0.6) is 0 Å². The third-order valence-corrected chi connectivity index (χ3v) is 5.47. The number of hydrogen-bond acceptors (Lipinski definition) is 7. The molecular formula is C24H27N7O3. The van der Waals surface area contributed by atoms with E-state index in [9.17, 15) is 9.59 Å². The molecule has 34 heavy (non-hydrogen) atoms. The molecule has 10 nitrogen and oxygen atoms in total. The van der Waals surface area contributed by atoms with Gasteiger partial charge >= 0.3 is 6.03 Å². The van der Waals surface area contributed by atoms with Crippen LogP contribution in [0, 0.1) is 6.92 Å². The van der Waals surface area contributed by atoms with Crippen molar-refractivity contribution < 1.29 is 9.32 Å². The molecule has 10 heteroatoms. The van der Waals surface area contributed by atoms with Gasteiger partial charge in [0.05, 0.1) is 5.69 Å². The first kappa shape index (κ1) is 23.0. The van der Waals surface area contributed by atoms with Crippen LogP contribution in [0.1, 0.15) is 32.0 Å². The van der Waals surface area contributed by atoms with E-state index in [0.29, 0.717) is 28.4 Å². The highest BCUT2D eigenvalue weighted by molar-refractivity contribution is 5.99. The summed E-state index contributed by atoms with van der Waals surface area (Å²) in [6.45, 7) is 7.92. The molecule has 0 radical (unpaired) electrons. The van der Waals surface area contributed by atoms with E-state index < -0.39 is 6.03 Å². The predicted molar refractivity (Wildman–Crippen MR) is 132 cm³/mol. The molecule has 176 valence electrons. The third kappa shape index (κ3) is 4.47. The highest BCUT2D eigenvalue weighted by Gasteiger charge is 2.20. The fourth-order valence-electron chi connectivity index (χ4n) is 3.51. The van der Waals surface area contributed by atoms with Gasteiger partial charge < -0.3 is 15.2 Å². The molecule has 0 unspecified atom stereocenters. The third-order valence-electron chi connectivity index (χ3n) is 5.47. The number of nitrogens with zero attached hydrogens (tertiary/aromatic N) is 4. The Labute approximate surface area is 196 Å². The number of rotatable bonds is 4. The quantitative estimate of drug-likeness (QED) is 0.414. The van der Waals surface area contributed by atoms with E-state index in [-0.39, 0.29) is 16.9 Å². The molecule has 0 spiro atoms. The van der Waals surface area contributed by atoms with Gasteiger partial charge in [-0.1, -0.05) is 32.0 Å². The Hall–Kier alpha value is -4.21. The number of carbonyl (C=O) groups is 1. The normalized spacial score (nSPS) is 11.5. The van der Waals surface area contributed by atoms with E-state index in [1.54, 1.807) is 44.6 Å². The van der Waals surface area contributed by atoms with Crippen LogP contribution < -0.4 is 21.5 Å². The smallest absolute Gasteiger partial charge is 0.326 e. The molecule has 1 aromatic carbocycles. The summed E-state index contributed by atoms with van der Waals surface area (Å²) in [5.74, 6) is 0.684. The Balaban J connectivity index is 1.63. The van der Waals surface area contributed by atoms with Crippen LogP contribution >= 0.6 is 0 Å². The number of aromatic nitrogens is 4. The van der Waals surface area contributed by atoms with Crippen molar-refractivity contribution in [2.24, 2.45) is 7.05 Å². The number of pyridine rings is 1. The van der Waals surface area contributed by atoms with E-state index in [4.69, 9.17) is 4.52 Å². The van der Waals surface area contributed by atoms with Crippen LogP contribution in [0.2, 0.25) is 0 Å². The SMILES string of the molecule is CNc1ncc2cc(-c3cc(NC(=O)Nc4cc(C(C)(C)C)no4)ccc3C)c(=O)n(C)c2n1. The van der Waals surface area contributed by atoms with Crippen molar-refractivity contribution in [3.8, 4) is 11.1 Å². The van der Waals surface area contributed by atoms with Crippen molar-refractivity contribution in [1.82, 2.24) is 19.7 Å². The summed E-state index contributed by atoms with van der Waals surface area (Å²) in [6.07, 6.45) is 1.67. The molecule has 2 amide bonds. The van der Waals surface area contributed by atoms with Gasteiger partial charge in [-0.05, 0) is 36.2 Å². The van der Waals surface area contributed by atoms with E-state index in [1.165, 1.54) is 4.57 Å². The minimum atomic E-state index is -0.481. The lowest BCUT2D eigenvalue weighted by atomic mass is 9.92. The zero-order valence-corrected chi connectivity index (χ0v) is 20.0. The minimum absolute atomic E-state index is 0.197. The maximum Gasteiger partial charge on any atom is 0.326 e. The van der Waals surface area contributed by atoms with E-state index in [2.05, 4.69) is 31.1 Å². The summed E-state index contributed by atoms with van der Waals surface area (Å²) in [4.78, 5) is 34.3. The van der Waals surface area contributed by atoms with Gasteiger partial charge in [0.1, 0.15) is 5.65 Å². The largest absolute Gasteiger partial charge is 0.357 e. The van der Waals surface area contributed by atoms with Gasteiger partial charge in [-0.2, -0.15) is 4.98 Å². The maximum atomic E-state index is 13.2. The van der Waals surface area contributed by atoms with Crippen molar-refractivity contribution in [1.29, 1.82) is 0 Å².